The van der Waals surface area contributed by atoms with Crippen LogP contribution in [0.15, 0.2) is 61.2 Å². The maximum absolute atomic E-state index is 4.42. The molecular formula is C16H12N6S. The van der Waals surface area contributed by atoms with E-state index in [9.17, 15) is 0 Å². The molecule has 3 heterocycles. The van der Waals surface area contributed by atoms with Crippen LogP contribution in [0.2, 0.25) is 0 Å². The van der Waals surface area contributed by atoms with Crippen molar-refractivity contribution in [1.29, 1.82) is 0 Å². The van der Waals surface area contributed by atoms with E-state index in [1.807, 2.05) is 36.4 Å². The van der Waals surface area contributed by atoms with Gasteiger partial charge in [-0.1, -0.05) is 0 Å². The summed E-state index contributed by atoms with van der Waals surface area (Å²) < 4.78 is 8.83. The highest BCUT2D eigenvalue weighted by molar-refractivity contribution is 7.00. The molecule has 0 fully saturated rings. The molecule has 7 heteroatoms. The first-order chi connectivity index (χ1) is 11.4. The molecule has 0 saturated heterocycles. The summed E-state index contributed by atoms with van der Waals surface area (Å²) >= 11 is 1.20. The van der Waals surface area contributed by atoms with Gasteiger partial charge in [0.1, 0.15) is 11.0 Å². The predicted molar refractivity (Wildman–Crippen MR) is 92.5 cm³/mol. The summed E-state index contributed by atoms with van der Waals surface area (Å²) in [4.78, 5) is 8.04. The van der Waals surface area contributed by atoms with Crippen LogP contribution in [0, 0.1) is 0 Å². The topological polar surface area (TPSA) is 75.6 Å². The minimum atomic E-state index is 0.839. The number of pyridine rings is 2. The fraction of sp³-hybridized carbons (Fsp3) is 0. The first-order valence-electron chi connectivity index (χ1n) is 6.99. The van der Waals surface area contributed by atoms with Gasteiger partial charge in [-0.05, 0) is 36.4 Å². The van der Waals surface area contributed by atoms with Gasteiger partial charge in [0.2, 0.25) is 0 Å². The van der Waals surface area contributed by atoms with Gasteiger partial charge in [0.15, 0.2) is 0 Å². The second-order valence-electron chi connectivity index (χ2n) is 4.84. The molecule has 23 heavy (non-hydrogen) atoms. The zero-order valence-electron chi connectivity index (χ0n) is 12.0. The highest BCUT2D eigenvalue weighted by Gasteiger charge is 2.11. The molecule has 0 aliphatic carbocycles. The largest absolute Gasteiger partial charge is 0.354 e. The van der Waals surface area contributed by atoms with Gasteiger partial charge in [-0.3, -0.25) is 9.97 Å². The lowest BCUT2D eigenvalue weighted by molar-refractivity contribution is 1.32. The third kappa shape index (κ3) is 2.82. The van der Waals surface area contributed by atoms with Crippen molar-refractivity contribution in [1.82, 2.24) is 18.7 Å². The Morgan fingerprint density at radius 2 is 1.04 bits per heavy atom. The van der Waals surface area contributed by atoms with Gasteiger partial charge in [-0.15, -0.1) is 0 Å². The van der Waals surface area contributed by atoms with Crippen LogP contribution in [0.4, 0.5) is 22.7 Å². The molecule has 1 aromatic carbocycles. The normalized spacial score (nSPS) is 10.6. The molecule has 0 unspecified atom stereocenters. The molecule has 0 radical (unpaired) electrons. The molecule has 0 spiro atoms. The molecule has 112 valence electrons. The van der Waals surface area contributed by atoms with Crippen molar-refractivity contribution in [2.24, 2.45) is 0 Å². The van der Waals surface area contributed by atoms with Crippen LogP contribution in [-0.2, 0) is 0 Å². The molecule has 0 atom stereocenters. The van der Waals surface area contributed by atoms with Crippen molar-refractivity contribution in [3.8, 4) is 0 Å². The summed E-state index contributed by atoms with van der Waals surface area (Å²) in [5, 5.41) is 6.70. The Kier molecular flexibility index (Phi) is 3.53. The van der Waals surface area contributed by atoms with Gasteiger partial charge in [-0.25, -0.2) is 0 Å². The summed E-state index contributed by atoms with van der Waals surface area (Å²) in [5.41, 5.74) is 5.44. The van der Waals surface area contributed by atoms with E-state index < -0.39 is 0 Å². The number of nitrogens with one attached hydrogen (secondary N) is 2. The Labute approximate surface area is 136 Å². The Morgan fingerprint density at radius 3 is 1.48 bits per heavy atom. The van der Waals surface area contributed by atoms with E-state index in [1.165, 1.54) is 11.7 Å². The van der Waals surface area contributed by atoms with Crippen molar-refractivity contribution < 1.29 is 0 Å². The molecular weight excluding hydrogens is 308 g/mol. The molecule has 6 nitrogen and oxygen atoms in total. The van der Waals surface area contributed by atoms with E-state index in [1.54, 1.807) is 24.8 Å². The number of aromatic nitrogens is 4. The van der Waals surface area contributed by atoms with E-state index in [4.69, 9.17) is 0 Å². The van der Waals surface area contributed by atoms with Crippen molar-refractivity contribution in [3.63, 3.8) is 0 Å². The molecule has 0 aliphatic rings. The van der Waals surface area contributed by atoms with E-state index in [-0.39, 0.29) is 0 Å². The van der Waals surface area contributed by atoms with Crippen LogP contribution in [-0.4, -0.2) is 18.7 Å². The smallest absolute Gasteiger partial charge is 0.130 e. The lowest BCUT2D eigenvalue weighted by Gasteiger charge is -2.10. The first-order valence-corrected chi connectivity index (χ1v) is 7.72. The van der Waals surface area contributed by atoms with E-state index in [2.05, 4.69) is 29.3 Å². The number of fused-ring (bicyclic) bond motifs is 1. The third-order valence-electron chi connectivity index (χ3n) is 3.33. The number of hydrogen-bond acceptors (Lipinski definition) is 7. The van der Waals surface area contributed by atoms with Gasteiger partial charge >= 0.3 is 0 Å². The quantitative estimate of drug-likeness (QED) is 0.592. The van der Waals surface area contributed by atoms with Crippen molar-refractivity contribution in [3.05, 3.63) is 61.2 Å². The van der Waals surface area contributed by atoms with Crippen LogP contribution in [0.5, 0.6) is 0 Å². The van der Waals surface area contributed by atoms with Crippen LogP contribution in [0.3, 0.4) is 0 Å². The second kappa shape index (κ2) is 5.98. The molecule has 3 aromatic heterocycles. The molecule has 0 bridgehead atoms. The zero-order valence-corrected chi connectivity index (χ0v) is 12.8. The van der Waals surface area contributed by atoms with Crippen molar-refractivity contribution >= 4 is 45.5 Å². The number of benzene rings is 1. The monoisotopic (exact) mass is 320 g/mol. The van der Waals surface area contributed by atoms with Crippen molar-refractivity contribution in [2.75, 3.05) is 10.6 Å². The van der Waals surface area contributed by atoms with Gasteiger partial charge in [0.25, 0.3) is 0 Å². The molecule has 0 amide bonds. The lowest BCUT2D eigenvalue weighted by Crippen LogP contribution is -1.95. The average Bonchev–Trinajstić information content (AvgIpc) is 3.09. The van der Waals surface area contributed by atoms with Gasteiger partial charge in [-0.2, -0.15) is 8.75 Å². The van der Waals surface area contributed by atoms with Crippen molar-refractivity contribution in [2.45, 2.75) is 0 Å². The number of nitrogens with zero attached hydrogens (tertiary/aromatic N) is 4. The average molecular weight is 320 g/mol. The van der Waals surface area contributed by atoms with Crippen LogP contribution >= 0.6 is 11.7 Å². The highest BCUT2D eigenvalue weighted by Crippen LogP contribution is 2.31. The Balaban J connectivity index is 1.70. The summed E-state index contributed by atoms with van der Waals surface area (Å²) in [6.45, 7) is 0. The predicted octanol–water partition coefficient (Wildman–Crippen LogP) is 3.97. The molecule has 2 N–H and O–H groups in total. The molecule has 4 rings (SSSR count). The number of rotatable bonds is 4. The maximum atomic E-state index is 4.42. The fourth-order valence-electron chi connectivity index (χ4n) is 2.25. The fourth-order valence-corrected chi connectivity index (χ4v) is 2.82. The standard InChI is InChI=1S/C16H12N6S/c1-2-14(20-12-5-9-18-10-6-12)16-15(21-23-22-16)13(1)19-11-3-7-17-8-4-11/h1-10H,(H,17,19)(H,18,20). The first kappa shape index (κ1) is 13.6. The summed E-state index contributed by atoms with van der Waals surface area (Å²) in [5.74, 6) is 0. The van der Waals surface area contributed by atoms with E-state index >= 15 is 0 Å². The summed E-state index contributed by atoms with van der Waals surface area (Å²) in [7, 11) is 0. The molecule has 0 aliphatic heterocycles. The third-order valence-corrected chi connectivity index (χ3v) is 3.86. The van der Waals surface area contributed by atoms with E-state index in [0.717, 1.165) is 33.8 Å². The zero-order chi connectivity index (χ0) is 15.5. The van der Waals surface area contributed by atoms with E-state index in [0.29, 0.717) is 0 Å². The lowest BCUT2D eigenvalue weighted by atomic mass is 10.2. The van der Waals surface area contributed by atoms with Crippen LogP contribution in [0.1, 0.15) is 0 Å². The molecule has 4 aromatic rings. The highest BCUT2D eigenvalue weighted by atomic mass is 32.1. The molecule has 0 saturated carbocycles. The summed E-state index contributed by atoms with van der Waals surface area (Å²) in [6.07, 6.45) is 6.99. The Bertz CT molecular complexity index is 848. The van der Waals surface area contributed by atoms with Gasteiger partial charge in [0, 0.05) is 36.2 Å². The van der Waals surface area contributed by atoms with Crippen LogP contribution < -0.4 is 10.6 Å². The van der Waals surface area contributed by atoms with Gasteiger partial charge in [0.05, 0.1) is 23.1 Å². The number of anilines is 4. The summed E-state index contributed by atoms with van der Waals surface area (Å²) in [6, 6.07) is 11.6. The number of hydrogen-bond donors (Lipinski definition) is 2. The minimum absolute atomic E-state index is 0.839. The Hall–Kier alpha value is -3.06. The SMILES string of the molecule is c1cc(Nc2ccc(Nc3ccncc3)c3nsnc23)ccn1. The Morgan fingerprint density at radius 1 is 0.609 bits per heavy atom. The maximum Gasteiger partial charge on any atom is 0.130 e. The van der Waals surface area contributed by atoms with Gasteiger partial charge < -0.3 is 10.6 Å². The second-order valence-corrected chi connectivity index (χ2v) is 5.37. The minimum Gasteiger partial charge on any atom is -0.354 e. The van der Waals surface area contributed by atoms with Crippen LogP contribution in [0.25, 0.3) is 11.0 Å².